The number of thiazole rings is 1. The molecule has 0 aliphatic rings. The number of rotatable bonds is 5. The monoisotopic (exact) mass is 377 g/mol. The number of hydrogen-bond donors (Lipinski definition) is 0. The summed E-state index contributed by atoms with van der Waals surface area (Å²) in [6.45, 7) is 2.01. The molecule has 0 saturated heterocycles. The minimum atomic E-state index is -0.270. The van der Waals surface area contributed by atoms with Crippen molar-refractivity contribution in [2.24, 2.45) is 0 Å². The average Bonchev–Trinajstić information content (AvgIpc) is 2.81. The van der Waals surface area contributed by atoms with Crippen LogP contribution in [0, 0.1) is 6.92 Å². The minimum Gasteiger partial charge on any atom is -0.247 e. The van der Waals surface area contributed by atoms with Gasteiger partial charge < -0.3 is 0 Å². The lowest BCUT2D eigenvalue weighted by Gasteiger charge is -2.29. The van der Waals surface area contributed by atoms with Gasteiger partial charge in [0.15, 0.2) is 0 Å². The highest BCUT2D eigenvalue weighted by molar-refractivity contribution is 9.10. The number of hydrogen-bond acceptors (Lipinski definition) is 2. The second kappa shape index (κ2) is 6.57. The molecular formula is C14H14BrCl2NS. The smallest absolute Gasteiger partial charge is 0.0897 e. The van der Waals surface area contributed by atoms with Gasteiger partial charge in [0.2, 0.25) is 0 Å². The first kappa shape index (κ1) is 15.3. The van der Waals surface area contributed by atoms with Gasteiger partial charge in [-0.25, -0.2) is 4.98 Å². The van der Waals surface area contributed by atoms with Crippen molar-refractivity contribution in [3.05, 3.63) is 50.4 Å². The predicted octanol–water partition coefficient (Wildman–Crippen LogP) is 5.17. The summed E-state index contributed by atoms with van der Waals surface area (Å²) in [6, 6.07) is 8.18. The molecule has 19 heavy (non-hydrogen) atoms. The van der Waals surface area contributed by atoms with Crippen LogP contribution in [-0.2, 0) is 11.8 Å². The molecule has 1 nitrogen and oxygen atoms in total. The number of halogens is 3. The van der Waals surface area contributed by atoms with E-state index in [4.69, 9.17) is 23.2 Å². The number of aryl methyl sites for hydroxylation is 1. The summed E-state index contributed by atoms with van der Waals surface area (Å²) in [5.74, 6) is 0.951. The zero-order valence-corrected chi connectivity index (χ0v) is 14.4. The Morgan fingerprint density at radius 3 is 2.58 bits per heavy atom. The Labute approximate surface area is 136 Å². The van der Waals surface area contributed by atoms with Gasteiger partial charge in [-0.15, -0.1) is 34.5 Å². The van der Waals surface area contributed by atoms with Gasteiger partial charge in [0.25, 0.3) is 0 Å². The SMILES string of the molecule is Cc1nc(CC(CCl)(CCl)c2cccc(Br)c2)cs1. The van der Waals surface area contributed by atoms with Crippen LogP contribution in [0.25, 0.3) is 0 Å². The molecule has 0 fully saturated rings. The van der Waals surface area contributed by atoms with Crippen molar-refractivity contribution in [3.63, 3.8) is 0 Å². The molecule has 0 aliphatic heterocycles. The lowest BCUT2D eigenvalue weighted by molar-refractivity contribution is 0.529. The van der Waals surface area contributed by atoms with Crippen LogP contribution in [0.1, 0.15) is 16.3 Å². The highest BCUT2D eigenvalue weighted by Gasteiger charge is 2.32. The lowest BCUT2D eigenvalue weighted by atomic mass is 9.80. The van der Waals surface area contributed by atoms with Crippen molar-refractivity contribution in [2.45, 2.75) is 18.8 Å². The maximum Gasteiger partial charge on any atom is 0.0897 e. The van der Waals surface area contributed by atoms with Crippen molar-refractivity contribution in [2.75, 3.05) is 11.8 Å². The third kappa shape index (κ3) is 3.52. The molecule has 0 unspecified atom stereocenters. The van der Waals surface area contributed by atoms with Gasteiger partial charge >= 0.3 is 0 Å². The molecule has 5 heteroatoms. The minimum absolute atomic E-state index is 0.270. The molecule has 102 valence electrons. The van der Waals surface area contributed by atoms with E-state index in [-0.39, 0.29) is 5.41 Å². The van der Waals surface area contributed by atoms with Crippen molar-refractivity contribution in [1.82, 2.24) is 4.98 Å². The maximum absolute atomic E-state index is 6.24. The quantitative estimate of drug-likeness (QED) is 0.653. The molecular weight excluding hydrogens is 365 g/mol. The fourth-order valence-electron chi connectivity index (χ4n) is 2.04. The van der Waals surface area contributed by atoms with Crippen LogP contribution in [0.3, 0.4) is 0 Å². The van der Waals surface area contributed by atoms with E-state index in [1.165, 1.54) is 0 Å². The third-order valence-electron chi connectivity index (χ3n) is 3.13. The first-order chi connectivity index (χ1) is 9.09. The third-order valence-corrected chi connectivity index (χ3v) is 5.47. The normalized spacial score (nSPS) is 11.8. The highest BCUT2D eigenvalue weighted by atomic mass is 79.9. The van der Waals surface area contributed by atoms with E-state index in [1.807, 2.05) is 19.1 Å². The second-order valence-electron chi connectivity index (χ2n) is 4.59. The van der Waals surface area contributed by atoms with E-state index in [0.29, 0.717) is 11.8 Å². The molecule has 0 radical (unpaired) electrons. The number of benzene rings is 1. The Kier molecular flexibility index (Phi) is 5.29. The Hall–Kier alpha value is -0.0900. The van der Waals surface area contributed by atoms with Crippen LogP contribution in [-0.4, -0.2) is 16.7 Å². The molecule has 0 bridgehead atoms. The standard InChI is InChI=1S/C14H14BrCl2NS/c1-10-18-13(7-19-10)6-14(8-16,9-17)11-3-2-4-12(15)5-11/h2-5,7H,6,8-9H2,1H3. The highest BCUT2D eigenvalue weighted by Crippen LogP contribution is 2.33. The number of nitrogens with zero attached hydrogens (tertiary/aromatic N) is 1. The van der Waals surface area contributed by atoms with Crippen molar-refractivity contribution >= 4 is 50.5 Å². The Balaban J connectivity index is 2.37. The van der Waals surface area contributed by atoms with Crippen LogP contribution < -0.4 is 0 Å². The Morgan fingerprint density at radius 2 is 2.05 bits per heavy atom. The Bertz CT molecular complexity index is 552. The molecule has 0 aliphatic carbocycles. The molecule has 2 aromatic rings. The summed E-state index contributed by atoms with van der Waals surface area (Å²) in [7, 11) is 0. The van der Waals surface area contributed by atoms with Gasteiger partial charge in [0.05, 0.1) is 10.7 Å². The largest absolute Gasteiger partial charge is 0.247 e. The fourth-order valence-corrected chi connectivity index (χ4v) is 3.84. The van der Waals surface area contributed by atoms with Crippen LogP contribution in [0.5, 0.6) is 0 Å². The molecule has 1 aromatic heterocycles. The molecule has 0 atom stereocenters. The first-order valence-corrected chi connectivity index (χ1v) is 8.63. The second-order valence-corrected chi connectivity index (χ2v) is 7.11. The van der Waals surface area contributed by atoms with Crippen LogP contribution in [0.15, 0.2) is 34.1 Å². The van der Waals surface area contributed by atoms with Gasteiger partial charge in [0.1, 0.15) is 0 Å². The molecule has 2 rings (SSSR count). The number of aromatic nitrogens is 1. The molecule has 1 heterocycles. The zero-order chi connectivity index (χ0) is 13.9. The summed E-state index contributed by atoms with van der Waals surface area (Å²) in [6.07, 6.45) is 0.765. The van der Waals surface area contributed by atoms with Gasteiger partial charge in [0, 0.05) is 33.4 Å². The molecule has 0 amide bonds. The van der Waals surface area contributed by atoms with Crippen molar-refractivity contribution in [3.8, 4) is 0 Å². The van der Waals surface area contributed by atoms with Crippen LogP contribution in [0.4, 0.5) is 0 Å². The van der Waals surface area contributed by atoms with Gasteiger partial charge in [-0.05, 0) is 24.6 Å². The zero-order valence-electron chi connectivity index (χ0n) is 10.5. The van der Waals surface area contributed by atoms with E-state index in [1.54, 1.807) is 11.3 Å². The van der Waals surface area contributed by atoms with Gasteiger partial charge in [-0.1, -0.05) is 28.1 Å². The van der Waals surface area contributed by atoms with E-state index < -0.39 is 0 Å². The summed E-state index contributed by atoms with van der Waals surface area (Å²) in [4.78, 5) is 4.53. The van der Waals surface area contributed by atoms with E-state index in [9.17, 15) is 0 Å². The van der Waals surface area contributed by atoms with Crippen LogP contribution in [0.2, 0.25) is 0 Å². The van der Waals surface area contributed by atoms with E-state index >= 15 is 0 Å². The molecule has 0 N–H and O–H groups in total. The van der Waals surface area contributed by atoms with Gasteiger partial charge in [-0.3, -0.25) is 0 Å². The fraction of sp³-hybridized carbons (Fsp3) is 0.357. The van der Waals surface area contributed by atoms with Gasteiger partial charge in [-0.2, -0.15) is 0 Å². The molecule has 0 saturated carbocycles. The summed E-state index contributed by atoms with van der Waals surface area (Å²) >= 11 is 17.6. The predicted molar refractivity (Wildman–Crippen MR) is 87.8 cm³/mol. The average molecular weight is 379 g/mol. The molecule has 1 aromatic carbocycles. The maximum atomic E-state index is 6.24. The topological polar surface area (TPSA) is 12.9 Å². The summed E-state index contributed by atoms with van der Waals surface area (Å²) in [5.41, 5.74) is 1.94. The van der Waals surface area contributed by atoms with Crippen molar-refractivity contribution < 1.29 is 0 Å². The summed E-state index contributed by atoms with van der Waals surface area (Å²) in [5, 5.41) is 3.16. The Morgan fingerprint density at radius 1 is 1.32 bits per heavy atom. The number of alkyl halides is 2. The van der Waals surface area contributed by atoms with Crippen LogP contribution >= 0.6 is 50.5 Å². The first-order valence-electron chi connectivity index (χ1n) is 5.88. The van der Waals surface area contributed by atoms with Crippen molar-refractivity contribution in [1.29, 1.82) is 0 Å². The summed E-state index contributed by atoms with van der Waals surface area (Å²) < 4.78 is 1.04. The van der Waals surface area contributed by atoms with E-state index in [2.05, 4.69) is 38.4 Å². The lowest BCUT2D eigenvalue weighted by Crippen LogP contribution is -2.33. The molecule has 0 spiro atoms. The van der Waals surface area contributed by atoms with E-state index in [0.717, 1.165) is 27.2 Å².